The molecule has 2 heterocycles. The summed E-state index contributed by atoms with van der Waals surface area (Å²) in [5.41, 5.74) is 1.39. The number of pyridine rings is 1. The Bertz CT molecular complexity index is 1130. The maximum Gasteiger partial charge on any atom is 0.267 e. The van der Waals surface area contributed by atoms with Crippen molar-refractivity contribution in [2.75, 3.05) is 0 Å². The van der Waals surface area contributed by atoms with Crippen LogP contribution in [0.1, 0.15) is 0 Å². The Kier molecular flexibility index (Phi) is 2.87. The Morgan fingerprint density at radius 2 is 1.73 bits per heavy atom. The number of rotatable bonds is 1. The minimum Gasteiger partial charge on any atom is -0.331 e. The van der Waals surface area contributed by atoms with E-state index in [0.29, 0.717) is 16.0 Å². The molecule has 1 N–H and O–H groups in total. The highest BCUT2D eigenvalue weighted by atomic mass is 32.1. The molecule has 4 aromatic rings. The molecule has 2 aromatic carbocycles. The number of H-pyrrole nitrogens is 1. The number of nitrogens with zero attached hydrogens (tertiary/aromatic N) is 2. The fourth-order valence-corrected chi connectivity index (χ4v) is 2.84. The summed E-state index contributed by atoms with van der Waals surface area (Å²) in [7, 11) is 0. The number of aromatic nitrogens is 3. The van der Waals surface area contributed by atoms with Gasteiger partial charge in [-0.2, -0.15) is 0 Å². The number of benzene rings is 2. The average Bonchev–Trinajstić information content (AvgIpc) is 2.55. The van der Waals surface area contributed by atoms with Crippen LogP contribution in [0.15, 0.2) is 65.5 Å². The maximum absolute atomic E-state index is 12.7. The second kappa shape index (κ2) is 4.89. The zero-order valence-corrected chi connectivity index (χ0v) is 12.3. The van der Waals surface area contributed by atoms with E-state index in [0.717, 1.165) is 16.4 Å². The van der Waals surface area contributed by atoms with E-state index >= 15 is 0 Å². The lowest BCUT2D eigenvalue weighted by Gasteiger charge is -2.08. The van der Waals surface area contributed by atoms with Crippen LogP contribution in [-0.4, -0.2) is 14.5 Å². The molecule has 0 saturated heterocycles. The number of aromatic amines is 1. The summed E-state index contributed by atoms with van der Waals surface area (Å²) in [4.78, 5) is 20.4. The predicted octanol–water partition coefficient (Wildman–Crippen LogP) is 3.60. The van der Waals surface area contributed by atoms with Gasteiger partial charge in [0.15, 0.2) is 4.77 Å². The number of fused-ring (bicyclic) bond motifs is 2. The first-order valence-corrected chi connectivity index (χ1v) is 7.25. The Labute approximate surface area is 130 Å². The van der Waals surface area contributed by atoms with Crippen LogP contribution < -0.4 is 5.56 Å². The number of hydrogen-bond donors (Lipinski definition) is 1. The zero-order valence-electron chi connectivity index (χ0n) is 11.5. The van der Waals surface area contributed by atoms with Crippen LogP contribution in [0.25, 0.3) is 27.6 Å². The van der Waals surface area contributed by atoms with Crippen LogP contribution in [0.4, 0.5) is 0 Å². The second-order valence-corrected chi connectivity index (χ2v) is 5.37. The van der Waals surface area contributed by atoms with Crippen LogP contribution in [0.3, 0.4) is 0 Å². The van der Waals surface area contributed by atoms with Crippen molar-refractivity contribution in [1.82, 2.24) is 14.5 Å². The van der Waals surface area contributed by atoms with Gasteiger partial charge in [-0.25, -0.2) is 9.55 Å². The number of para-hydroxylation sites is 2. The van der Waals surface area contributed by atoms with Crippen molar-refractivity contribution < 1.29 is 0 Å². The van der Waals surface area contributed by atoms with Gasteiger partial charge in [-0.1, -0.05) is 30.3 Å². The van der Waals surface area contributed by atoms with Crippen molar-refractivity contribution in [3.63, 3.8) is 0 Å². The van der Waals surface area contributed by atoms with Crippen LogP contribution in [0.5, 0.6) is 0 Å². The molecule has 0 radical (unpaired) electrons. The lowest BCUT2D eigenvalue weighted by molar-refractivity contribution is 0.908. The summed E-state index contributed by atoms with van der Waals surface area (Å²) in [6, 6.07) is 18.8. The fourth-order valence-electron chi connectivity index (χ4n) is 2.55. The van der Waals surface area contributed by atoms with Gasteiger partial charge in [0, 0.05) is 5.39 Å². The van der Waals surface area contributed by atoms with Gasteiger partial charge in [0.1, 0.15) is 5.82 Å². The van der Waals surface area contributed by atoms with E-state index in [1.165, 1.54) is 4.57 Å². The van der Waals surface area contributed by atoms with Gasteiger partial charge >= 0.3 is 0 Å². The van der Waals surface area contributed by atoms with Gasteiger partial charge in [0.25, 0.3) is 5.56 Å². The molecule has 0 amide bonds. The van der Waals surface area contributed by atoms with E-state index in [4.69, 9.17) is 12.2 Å². The SMILES string of the molecule is O=c1c2ccccc2[nH]c(=S)n1-c1ccc2ccccc2n1. The van der Waals surface area contributed by atoms with Crippen LogP contribution >= 0.6 is 12.2 Å². The minimum atomic E-state index is -0.165. The fraction of sp³-hybridized carbons (Fsp3) is 0. The molecule has 0 aliphatic carbocycles. The van der Waals surface area contributed by atoms with Crippen LogP contribution in [-0.2, 0) is 0 Å². The average molecular weight is 305 g/mol. The van der Waals surface area contributed by atoms with Gasteiger partial charge in [-0.05, 0) is 42.5 Å². The standard InChI is InChI=1S/C17H11N3OS/c21-16-12-6-2-4-8-14(12)19-17(22)20(16)15-10-9-11-5-1-3-7-13(11)18-15/h1-10H,(H,19,22). The molecule has 4 nitrogen and oxygen atoms in total. The molecule has 0 atom stereocenters. The third-order valence-corrected chi connectivity index (χ3v) is 3.90. The highest BCUT2D eigenvalue weighted by Crippen LogP contribution is 2.15. The van der Waals surface area contributed by atoms with Crippen molar-refractivity contribution in [2.45, 2.75) is 0 Å². The highest BCUT2D eigenvalue weighted by Gasteiger charge is 2.08. The van der Waals surface area contributed by atoms with Crippen molar-refractivity contribution >= 4 is 34.0 Å². The Morgan fingerprint density at radius 3 is 2.64 bits per heavy atom. The third-order valence-electron chi connectivity index (χ3n) is 3.62. The van der Waals surface area contributed by atoms with E-state index in [9.17, 15) is 4.79 Å². The Morgan fingerprint density at radius 1 is 0.955 bits per heavy atom. The van der Waals surface area contributed by atoms with Crippen molar-refractivity contribution in [2.24, 2.45) is 0 Å². The van der Waals surface area contributed by atoms with Gasteiger partial charge in [-0.3, -0.25) is 4.79 Å². The molecule has 0 spiro atoms. The van der Waals surface area contributed by atoms with Gasteiger partial charge in [0.05, 0.1) is 16.4 Å². The molecular formula is C17H11N3OS. The van der Waals surface area contributed by atoms with E-state index in [-0.39, 0.29) is 5.56 Å². The smallest absolute Gasteiger partial charge is 0.267 e. The molecule has 5 heteroatoms. The first kappa shape index (κ1) is 12.9. The molecule has 0 aliphatic rings. The molecule has 106 valence electrons. The lowest BCUT2D eigenvalue weighted by Crippen LogP contribution is -2.21. The molecule has 0 bridgehead atoms. The predicted molar refractivity (Wildman–Crippen MR) is 90.0 cm³/mol. The molecule has 22 heavy (non-hydrogen) atoms. The van der Waals surface area contributed by atoms with E-state index in [1.54, 1.807) is 6.07 Å². The summed E-state index contributed by atoms with van der Waals surface area (Å²) < 4.78 is 1.77. The first-order chi connectivity index (χ1) is 10.7. The summed E-state index contributed by atoms with van der Waals surface area (Å²) in [6.07, 6.45) is 0. The molecule has 0 unspecified atom stereocenters. The Balaban J connectivity index is 2.07. The lowest BCUT2D eigenvalue weighted by atomic mass is 10.2. The van der Waals surface area contributed by atoms with Gasteiger partial charge in [0.2, 0.25) is 0 Å². The zero-order chi connectivity index (χ0) is 15.1. The van der Waals surface area contributed by atoms with Gasteiger partial charge < -0.3 is 4.98 Å². The number of nitrogens with one attached hydrogen (secondary N) is 1. The van der Waals surface area contributed by atoms with Crippen molar-refractivity contribution in [1.29, 1.82) is 0 Å². The molecule has 4 rings (SSSR count). The summed E-state index contributed by atoms with van der Waals surface area (Å²) >= 11 is 5.34. The van der Waals surface area contributed by atoms with Crippen LogP contribution in [0.2, 0.25) is 0 Å². The molecule has 2 aromatic heterocycles. The molecule has 0 fully saturated rings. The Hall–Kier alpha value is -2.79. The first-order valence-electron chi connectivity index (χ1n) is 6.84. The maximum atomic E-state index is 12.7. The van der Waals surface area contributed by atoms with Crippen LogP contribution in [0, 0.1) is 4.77 Å². The molecule has 0 aliphatic heterocycles. The van der Waals surface area contributed by atoms with E-state index in [2.05, 4.69) is 9.97 Å². The minimum absolute atomic E-state index is 0.165. The number of hydrogen-bond acceptors (Lipinski definition) is 3. The van der Waals surface area contributed by atoms with Gasteiger partial charge in [-0.15, -0.1) is 0 Å². The monoisotopic (exact) mass is 305 g/mol. The molecular weight excluding hydrogens is 294 g/mol. The molecule has 0 saturated carbocycles. The van der Waals surface area contributed by atoms with E-state index in [1.807, 2.05) is 54.6 Å². The van der Waals surface area contributed by atoms with Crippen molar-refractivity contribution in [3.8, 4) is 5.82 Å². The largest absolute Gasteiger partial charge is 0.331 e. The summed E-state index contributed by atoms with van der Waals surface area (Å²) in [6.45, 7) is 0. The van der Waals surface area contributed by atoms with Crippen molar-refractivity contribution in [3.05, 3.63) is 75.8 Å². The summed E-state index contributed by atoms with van der Waals surface area (Å²) in [5.74, 6) is 0.524. The third kappa shape index (κ3) is 1.95. The topological polar surface area (TPSA) is 50.7 Å². The second-order valence-electron chi connectivity index (χ2n) is 4.98. The highest BCUT2D eigenvalue weighted by molar-refractivity contribution is 7.71. The quantitative estimate of drug-likeness (QED) is 0.547. The normalized spacial score (nSPS) is 11.1. The summed E-state index contributed by atoms with van der Waals surface area (Å²) in [5, 5.41) is 1.61. The van der Waals surface area contributed by atoms with E-state index < -0.39 is 0 Å².